The lowest BCUT2D eigenvalue weighted by atomic mass is 10.0. The van der Waals surface area contributed by atoms with Crippen molar-refractivity contribution in [2.45, 2.75) is 19.4 Å². The van der Waals surface area contributed by atoms with E-state index >= 15 is 0 Å². The molecule has 5 nitrogen and oxygen atoms in total. The van der Waals surface area contributed by atoms with Crippen LogP contribution in [-0.2, 0) is 16.0 Å². The van der Waals surface area contributed by atoms with E-state index in [1.165, 1.54) is 11.1 Å². The Labute approximate surface area is 171 Å². The summed E-state index contributed by atoms with van der Waals surface area (Å²) in [6, 6.07) is 18.7. The number of aromatic nitrogens is 1. The predicted octanol–water partition coefficient (Wildman–Crippen LogP) is 3.28. The molecule has 1 amide bonds. The molecule has 2 heterocycles. The van der Waals surface area contributed by atoms with Crippen molar-refractivity contribution in [2.24, 2.45) is 0 Å². The molecular weight excluding hydrogens is 362 g/mol. The first-order chi connectivity index (χ1) is 14.2. The topological polar surface area (TPSA) is 54.5 Å². The smallest absolute Gasteiger partial charge is 0.224 e. The Morgan fingerprint density at radius 3 is 2.66 bits per heavy atom. The van der Waals surface area contributed by atoms with E-state index in [-0.39, 0.29) is 11.9 Å². The molecule has 1 atom stereocenters. The van der Waals surface area contributed by atoms with E-state index in [1.54, 1.807) is 6.20 Å². The number of para-hydroxylation sites is 1. The first-order valence-electron chi connectivity index (χ1n) is 10.2. The van der Waals surface area contributed by atoms with Crippen LogP contribution in [0.2, 0.25) is 0 Å². The number of rotatable bonds is 6. The minimum atomic E-state index is 0.0218. The van der Waals surface area contributed by atoms with Crippen molar-refractivity contribution in [1.82, 2.24) is 15.2 Å². The van der Waals surface area contributed by atoms with Crippen LogP contribution in [0.1, 0.15) is 22.7 Å². The summed E-state index contributed by atoms with van der Waals surface area (Å²) in [5.41, 5.74) is 4.32. The van der Waals surface area contributed by atoms with Crippen LogP contribution in [0.4, 0.5) is 0 Å². The Kier molecular flexibility index (Phi) is 6.17. The molecule has 1 aliphatic rings. The average Bonchev–Trinajstić information content (AvgIpc) is 2.76. The summed E-state index contributed by atoms with van der Waals surface area (Å²) in [5.74, 6) is 0.0218. The lowest BCUT2D eigenvalue weighted by Gasteiger charge is -2.35. The van der Waals surface area contributed by atoms with Gasteiger partial charge in [-0.15, -0.1) is 0 Å². The van der Waals surface area contributed by atoms with Crippen LogP contribution in [-0.4, -0.2) is 48.6 Å². The molecule has 29 heavy (non-hydrogen) atoms. The van der Waals surface area contributed by atoms with Gasteiger partial charge in [-0.1, -0.05) is 54.1 Å². The number of nitrogens with one attached hydrogen (secondary N) is 1. The average molecular weight is 389 g/mol. The van der Waals surface area contributed by atoms with Crippen LogP contribution < -0.4 is 5.32 Å². The van der Waals surface area contributed by atoms with Gasteiger partial charge in [0.2, 0.25) is 5.91 Å². The number of benzene rings is 2. The van der Waals surface area contributed by atoms with Crippen molar-refractivity contribution < 1.29 is 9.53 Å². The molecule has 1 aliphatic heterocycles. The Bertz CT molecular complexity index is 960. The number of pyridine rings is 1. The van der Waals surface area contributed by atoms with Crippen molar-refractivity contribution in [3.63, 3.8) is 0 Å². The van der Waals surface area contributed by atoms with Gasteiger partial charge in [0.25, 0.3) is 0 Å². The van der Waals surface area contributed by atoms with Gasteiger partial charge in [-0.2, -0.15) is 0 Å². The minimum absolute atomic E-state index is 0.0218. The van der Waals surface area contributed by atoms with Crippen molar-refractivity contribution in [1.29, 1.82) is 0 Å². The molecule has 1 saturated heterocycles. The lowest BCUT2D eigenvalue weighted by Crippen LogP contribution is -2.44. The van der Waals surface area contributed by atoms with Gasteiger partial charge in [0.05, 0.1) is 31.2 Å². The van der Waals surface area contributed by atoms with E-state index in [4.69, 9.17) is 4.74 Å². The fourth-order valence-corrected chi connectivity index (χ4v) is 3.89. The summed E-state index contributed by atoms with van der Waals surface area (Å²) in [6.45, 7) is 5.90. The first-order valence-corrected chi connectivity index (χ1v) is 10.2. The number of hydrogen-bond donors (Lipinski definition) is 1. The molecule has 0 bridgehead atoms. The van der Waals surface area contributed by atoms with Crippen LogP contribution in [0.5, 0.6) is 0 Å². The molecule has 0 spiro atoms. The molecule has 1 unspecified atom stereocenters. The zero-order chi connectivity index (χ0) is 20.1. The molecule has 0 saturated carbocycles. The molecule has 1 fully saturated rings. The Hall–Kier alpha value is -2.76. The number of fused-ring (bicyclic) bond motifs is 1. The fraction of sp³-hybridized carbons (Fsp3) is 0.333. The Morgan fingerprint density at radius 1 is 1.10 bits per heavy atom. The predicted molar refractivity (Wildman–Crippen MR) is 115 cm³/mol. The molecule has 0 aliphatic carbocycles. The number of carbonyl (C=O) groups excluding carboxylic acids is 1. The van der Waals surface area contributed by atoms with Crippen LogP contribution in [0, 0.1) is 6.92 Å². The SMILES string of the molecule is Cc1ccc(C(CNC(=O)Cc2cccc3cccnc23)N2CCOCC2)cc1. The van der Waals surface area contributed by atoms with E-state index in [0.29, 0.717) is 13.0 Å². The molecule has 2 aromatic carbocycles. The quantitative estimate of drug-likeness (QED) is 0.703. The summed E-state index contributed by atoms with van der Waals surface area (Å²) in [5, 5.41) is 4.22. The van der Waals surface area contributed by atoms with Crippen LogP contribution >= 0.6 is 0 Å². The number of ether oxygens (including phenoxy) is 1. The highest BCUT2D eigenvalue weighted by molar-refractivity contribution is 5.87. The zero-order valence-electron chi connectivity index (χ0n) is 16.8. The third-order valence-electron chi connectivity index (χ3n) is 5.51. The van der Waals surface area contributed by atoms with Gasteiger partial charge in [-0.05, 0) is 24.1 Å². The monoisotopic (exact) mass is 389 g/mol. The maximum atomic E-state index is 12.7. The zero-order valence-corrected chi connectivity index (χ0v) is 16.8. The third-order valence-corrected chi connectivity index (χ3v) is 5.51. The third kappa shape index (κ3) is 4.81. The van der Waals surface area contributed by atoms with E-state index in [0.717, 1.165) is 42.8 Å². The second kappa shape index (κ2) is 9.16. The second-order valence-electron chi connectivity index (χ2n) is 7.55. The number of nitrogens with zero attached hydrogens (tertiary/aromatic N) is 2. The molecular formula is C24H27N3O2. The van der Waals surface area contributed by atoms with E-state index in [1.807, 2.05) is 30.3 Å². The molecule has 1 N–H and O–H groups in total. The van der Waals surface area contributed by atoms with Gasteiger partial charge >= 0.3 is 0 Å². The summed E-state index contributed by atoms with van der Waals surface area (Å²) >= 11 is 0. The number of carbonyl (C=O) groups is 1. The van der Waals surface area contributed by atoms with E-state index in [9.17, 15) is 4.79 Å². The highest BCUT2D eigenvalue weighted by Gasteiger charge is 2.23. The summed E-state index contributed by atoms with van der Waals surface area (Å²) in [7, 11) is 0. The van der Waals surface area contributed by atoms with Gasteiger partial charge in [0.1, 0.15) is 0 Å². The summed E-state index contributed by atoms with van der Waals surface area (Å²) < 4.78 is 5.51. The number of hydrogen-bond acceptors (Lipinski definition) is 4. The molecule has 5 heteroatoms. The fourth-order valence-electron chi connectivity index (χ4n) is 3.89. The number of morpholine rings is 1. The Balaban J connectivity index is 1.46. The van der Waals surface area contributed by atoms with Crippen molar-refractivity contribution in [3.05, 3.63) is 77.5 Å². The maximum Gasteiger partial charge on any atom is 0.224 e. The number of amides is 1. The largest absolute Gasteiger partial charge is 0.379 e. The first kappa shape index (κ1) is 19.6. The van der Waals surface area contributed by atoms with Crippen molar-refractivity contribution in [2.75, 3.05) is 32.8 Å². The van der Waals surface area contributed by atoms with Crippen LogP contribution in [0.25, 0.3) is 10.9 Å². The van der Waals surface area contributed by atoms with E-state index in [2.05, 4.69) is 46.4 Å². The van der Waals surface area contributed by atoms with Gasteiger partial charge in [-0.3, -0.25) is 14.7 Å². The molecule has 1 aromatic heterocycles. The lowest BCUT2D eigenvalue weighted by molar-refractivity contribution is -0.120. The highest BCUT2D eigenvalue weighted by Crippen LogP contribution is 2.22. The van der Waals surface area contributed by atoms with Gasteiger partial charge in [0, 0.05) is 31.2 Å². The summed E-state index contributed by atoms with van der Waals surface area (Å²) in [6.07, 6.45) is 2.10. The minimum Gasteiger partial charge on any atom is -0.379 e. The maximum absolute atomic E-state index is 12.7. The molecule has 0 radical (unpaired) electrons. The Morgan fingerprint density at radius 2 is 1.86 bits per heavy atom. The second-order valence-corrected chi connectivity index (χ2v) is 7.55. The normalized spacial score (nSPS) is 15.9. The molecule has 4 rings (SSSR count). The van der Waals surface area contributed by atoms with Crippen molar-refractivity contribution >= 4 is 16.8 Å². The molecule has 150 valence electrons. The summed E-state index contributed by atoms with van der Waals surface area (Å²) in [4.78, 5) is 19.6. The number of aryl methyl sites for hydroxylation is 1. The van der Waals surface area contributed by atoms with Crippen molar-refractivity contribution in [3.8, 4) is 0 Å². The van der Waals surface area contributed by atoms with Crippen LogP contribution in [0.3, 0.4) is 0 Å². The molecule has 3 aromatic rings. The van der Waals surface area contributed by atoms with E-state index < -0.39 is 0 Å². The van der Waals surface area contributed by atoms with Gasteiger partial charge in [-0.25, -0.2) is 0 Å². The van der Waals surface area contributed by atoms with Gasteiger partial charge < -0.3 is 10.1 Å². The highest BCUT2D eigenvalue weighted by atomic mass is 16.5. The van der Waals surface area contributed by atoms with Crippen LogP contribution in [0.15, 0.2) is 60.8 Å². The van der Waals surface area contributed by atoms with Gasteiger partial charge in [0.15, 0.2) is 0 Å². The standard InChI is InChI=1S/C24H27N3O2/c1-18-7-9-19(10-8-18)22(27-12-14-29-15-13-27)17-26-23(28)16-21-5-2-4-20-6-3-11-25-24(20)21/h2-11,22H,12-17H2,1H3,(H,26,28).